The summed E-state index contributed by atoms with van der Waals surface area (Å²) in [6.07, 6.45) is 0. The zero-order chi connectivity index (χ0) is 14.3. The molecule has 0 aliphatic rings. The smallest absolute Gasteiger partial charge is 0 e. The van der Waals surface area contributed by atoms with Gasteiger partial charge in [0, 0.05) is 21.7 Å². The average molecular weight is 284 g/mol. The van der Waals surface area contributed by atoms with Crippen molar-refractivity contribution in [2.24, 2.45) is 0 Å². The van der Waals surface area contributed by atoms with Crippen molar-refractivity contribution in [2.75, 3.05) is 84.6 Å². The Bertz CT molecular complexity index is 61.5. The molecule has 0 aromatic carbocycles. The van der Waals surface area contributed by atoms with Crippen molar-refractivity contribution in [2.45, 2.75) is 0 Å². The first-order valence-electron chi connectivity index (χ1n) is 5.37. The summed E-state index contributed by atoms with van der Waals surface area (Å²) in [5.41, 5.74) is 0. The van der Waals surface area contributed by atoms with Crippen LogP contribution >= 0.6 is 0 Å². The third-order valence-electron chi connectivity index (χ3n) is 0. The summed E-state index contributed by atoms with van der Waals surface area (Å²) in [4.78, 5) is 8.00. The summed E-state index contributed by atoms with van der Waals surface area (Å²) in [6.45, 7) is 0. The predicted molar refractivity (Wildman–Crippen MR) is 78.4 cm³/mol. The van der Waals surface area contributed by atoms with E-state index in [1.165, 1.54) is 0 Å². The van der Waals surface area contributed by atoms with Gasteiger partial charge in [-0.3, -0.25) is 0 Å². The first-order valence-corrected chi connectivity index (χ1v) is 5.37. The molecule has 0 aromatic heterocycles. The largest absolute Gasteiger partial charge is 0.312 e. The Hall–Kier alpha value is 0.554. The maximum absolute atomic E-state index is 2.00. The van der Waals surface area contributed by atoms with E-state index < -0.39 is 0 Å². The van der Waals surface area contributed by atoms with E-state index in [9.17, 15) is 0 Å². The Morgan fingerprint density at radius 3 is 0.294 bits per heavy atom. The fourth-order valence-electron chi connectivity index (χ4n) is 0. The quantitative estimate of drug-likeness (QED) is 0.607. The topological polar surface area (TPSA) is 13.0 Å². The molecule has 0 bridgehead atoms. The molecular weight excluding hydrogens is 248 g/mol. The molecule has 0 saturated heterocycles. The summed E-state index contributed by atoms with van der Waals surface area (Å²) in [6, 6.07) is 0. The van der Waals surface area contributed by atoms with Gasteiger partial charge in [0.2, 0.25) is 0 Å². The minimum Gasteiger partial charge on any atom is -0.312 e. The Labute approximate surface area is 126 Å². The summed E-state index contributed by atoms with van der Waals surface area (Å²) >= 11 is 0. The van der Waals surface area contributed by atoms with Crippen LogP contribution in [-0.2, 0) is 21.7 Å². The number of hydrogen-bond acceptors (Lipinski definition) is 4. The molecule has 0 aliphatic carbocycles. The molecule has 0 unspecified atom stereocenters. The second-order valence-electron chi connectivity index (χ2n) is 5.37. The zero-order valence-corrected chi connectivity index (χ0v) is 15.9. The van der Waals surface area contributed by atoms with Gasteiger partial charge in [-0.15, -0.1) is 0 Å². The Morgan fingerprint density at radius 1 is 0.294 bits per heavy atom. The first kappa shape index (κ1) is 30.5. The van der Waals surface area contributed by atoms with Crippen LogP contribution in [0.5, 0.6) is 0 Å². The third-order valence-corrected chi connectivity index (χ3v) is 0. The average Bonchev–Trinajstić information content (AvgIpc) is 1.76. The fraction of sp³-hybridized carbons (Fsp3) is 1.00. The molecule has 0 heterocycles. The molecule has 0 radical (unpaired) electrons. The van der Waals surface area contributed by atoms with Gasteiger partial charge in [-0.2, -0.15) is 0 Å². The van der Waals surface area contributed by atoms with Crippen LogP contribution in [0, 0.1) is 0 Å². The molecule has 0 aromatic rings. The molecule has 0 atom stereocenters. The van der Waals surface area contributed by atoms with Crippen molar-refractivity contribution in [1.82, 2.24) is 19.6 Å². The Kier molecular flexibility index (Phi) is 45.6. The van der Waals surface area contributed by atoms with E-state index in [1.807, 2.05) is 104 Å². The van der Waals surface area contributed by atoms with Gasteiger partial charge in [0.05, 0.1) is 0 Å². The molecular formula is C12H36N4Ti. The van der Waals surface area contributed by atoms with Crippen molar-refractivity contribution in [3.05, 3.63) is 0 Å². The van der Waals surface area contributed by atoms with Crippen LogP contribution in [-0.4, -0.2) is 104 Å². The van der Waals surface area contributed by atoms with E-state index in [0.717, 1.165) is 0 Å². The van der Waals surface area contributed by atoms with Gasteiger partial charge < -0.3 is 19.6 Å². The number of hydrogen-bond donors (Lipinski definition) is 0. The fourth-order valence-corrected chi connectivity index (χ4v) is 0. The predicted octanol–water partition coefficient (Wildman–Crippen LogP) is 0.709. The normalized spacial score (nSPS) is 8.47. The molecule has 0 rings (SSSR count). The van der Waals surface area contributed by atoms with Gasteiger partial charge in [-0.05, 0) is 84.6 Å². The van der Waals surface area contributed by atoms with Crippen molar-refractivity contribution < 1.29 is 21.7 Å². The van der Waals surface area contributed by atoms with Gasteiger partial charge in [-0.1, -0.05) is 0 Å². The Morgan fingerprint density at radius 2 is 0.294 bits per heavy atom. The minimum atomic E-state index is 0. The standard InChI is InChI=1S/4C3H9N.Ti/c4*1-4(2)3;/h4*1-3H3;. The van der Waals surface area contributed by atoms with Crippen LogP contribution in [0.2, 0.25) is 0 Å². The SMILES string of the molecule is CN(C)C.CN(C)C.CN(C)C.CN(C)C.[Ti]. The van der Waals surface area contributed by atoms with Gasteiger partial charge in [0.15, 0.2) is 0 Å². The van der Waals surface area contributed by atoms with E-state index >= 15 is 0 Å². The summed E-state index contributed by atoms with van der Waals surface area (Å²) < 4.78 is 0. The first-order chi connectivity index (χ1) is 6.93. The Balaban J connectivity index is -0.0000000369. The molecule has 0 amide bonds. The van der Waals surface area contributed by atoms with Crippen LogP contribution in [0.15, 0.2) is 0 Å². The monoisotopic (exact) mass is 284 g/mol. The van der Waals surface area contributed by atoms with Gasteiger partial charge >= 0.3 is 0 Å². The molecule has 0 N–H and O–H groups in total. The van der Waals surface area contributed by atoms with Crippen LogP contribution in [0.3, 0.4) is 0 Å². The van der Waals surface area contributed by atoms with Crippen molar-refractivity contribution in [3.8, 4) is 0 Å². The van der Waals surface area contributed by atoms with E-state index in [1.54, 1.807) is 0 Å². The summed E-state index contributed by atoms with van der Waals surface area (Å²) in [5, 5.41) is 0. The maximum Gasteiger partial charge on any atom is 0 e. The number of rotatable bonds is 0. The zero-order valence-electron chi connectivity index (χ0n) is 14.3. The van der Waals surface area contributed by atoms with Crippen LogP contribution in [0.4, 0.5) is 0 Å². The van der Waals surface area contributed by atoms with Crippen LogP contribution < -0.4 is 0 Å². The summed E-state index contributed by atoms with van der Waals surface area (Å²) in [7, 11) is 24.0. The van der Waals surface area contributed by atoms with E-state index in [4.69, 9.17) is 0 Å². The maximum atomic E-state index is 2.00. The van der Waals surface area contributed by atoms with Crippen molar-refractivity contribution in [3.63, 3.8) is 0 Å². The molecule has 17 heavy (non-hydrogen) atoms. The minimum absolute atomic E-state index is 0. The third kappa shape index (κ3) is 11400. The van der Waals surface area contributed by atoms with Crippen LogP contribution in [0.25, 0.3) is 0 Å². The second kappa shape index (κ2) is 25.4. The van der Waals surface area contributed by atoms with E-state index in [2.05, 4.69) is 0 Å². The summed E-state index contributed by atoms with van der Waals surface area (Å²) in [5.74, 6) is 0. The van der Waals surface area contributed by atoms with Crippen molar-refractivity contribution >= 4 is 0 Å². The van der Waals surface area contributed by atoms with E-state index in [0.29, 0.717) is 0 Å². The molecule has 0 saturated carbocycles. The molecule has 0 aliphatic heterocycles. The van der Waals surface area contributed by atoms with Crippen molar-refractivity contribution in [1.29, 1.82) is 0 Å². The molecule has 108 valence electrons. The molecule has 4 nitrogen and oxygen atoms in total. The van der Waals surface area contributed by atoms with Gasteiger partial charge in [0.25, 0.3) is 0 Å². The van der Waals surface area contributed by atoms with Gasteiger partial charge in [0.1, 0.15) is 0 Å². The van der Waals surface area contributed by atoms with Gasteiger partial charge in [-0.25, -0.2) is 0 Å². The molecule has 0 fully saturated rings. The molecule has 0 spiro atoms. The van der Waals surface area contributed by atoms with E-state index in [-0.39, 0.29) is 21.7 Å². The number of nitrogens with zero attached hydrogens (tertiary/aromatic N) is 4. The van der Waals surface area contributed by atoms with Crippen LogP contribution in [0.1, 0.15) is 0 Å². The second-order valence-corrected chi connectivity index (χ2v) is 5.37. The molecule has 5 heteroatoms.